The van der Waals surface area contributed by atoms with Gasteiger partial charge in [-0.3, -0.25) is 14.2 Å². The highest BCUT2D eigenvalue weighted by Gasteiger charge is 2.27. The molecule has 0 spiro atoms. The number of nitrogens with zero attached hydrogens (tertiary/aromatic N) is 2. The third-order valence-corrected chi connectivity index (χ3v) is 7.30. The third-order valence-electron chi connectivity index (χ3n) is 5.14. The maximum absolute atomic E-state index is 13.6. The fourth-order valence-corrected chi connectivity index (χ4v) is 5.84. The van der Waals surface area contributed by atoms with E-state index in [0.29, 0.717) is 29.0 Å². The number of hydrogen-bond acceptors (Lipinski definition) is 5. The van der Waals surface area contributed by atoms with E-state index in [0.717, 1.165) is 33.7 Å². The highest BCUT2D eigenvalue weighted by Crippen LogP contribution is 2.35. The molecule has 0 saturated heterocycles. The van der Waals surface area contributed by atoms with E-state index in [1.165, 1.54) is 16.1 Å². The molecule has 0 fully saturated rings. The molecule has 0 aliphatic heterocycles. The fraction of sp³-hybridized carbons (Fsp3) is 0.190. The van der Waals surface area contributed by atoms with Gasteiger partial charge in [0.1, 0.15) is 4.83 Å². The molecule has 0 radical (unpaired) electrons. The molecular formula is C21H17BN2O2S2. The topological polar surface area (TPSA) is 52.0 Å². The van der Waals surface area contributed by atoms with Crippen LogP contribution < -0.4 is 10.3 Å². The normalized spacial score (nSPS) is 13.8. The van der Waals surface area contributed by atoms with Crippen LogP contribution in [0.2, 0.25) is 0 Å². The fourth-order valence-electron chi connectivity index (χ4n) is 3.80. The molecule has 1 aliphatic rings. The van der Waals surface area contributed by atoms with E-state index < -0.39 is 0 Å². The molecular weight excluding hydrogens is 387 g/mol. The molecule has 0 saturated carbocycles. The van der Waals surface area contributed by atoms with E-state index in [-0.39, 0.29) is 11.3 Å². The summed E-state index contributed by atoms with van der Waals surface area (Å²) in [5.41, 5.74) is 1.92. The number of hydrogen-bond donors (Lipinski definition) is 0. The standard InChI is InChI=1S/C21H17BN2O2S2/c22-16-10-9-15(27-16)19-23-20-17(13-7-4-8-14(25)18(13)28-20)21(26)24(19)11-12-5-2-1-3-6-12/h1-3,5-6,9-10H,4,7-8,11,22H2. The average molecular weight is 404 g/mol. The van der Waals surface area contributed by atoms with Crippen LogP contribution in [-0.2, 0) is 13.0 Å². The number of rotatable bonds is 3. The predicted octanol–water partition coefficient (Wildman–Crippen LogP) is 3.01. The zero-order chi connectivity index (χ0) is 19.3. The third kappa shape index (κ3) is 2.86. The highest BCUT2D eigenvalue weighted by molar-refractivity contribution is 7.23. The minimum absolute atomic E-state index is 0.0397. The molecule has 138 valence electrons. The van der Waals surface area contributed by atoms with Crippen LogP contribution in [0.3, 0.4) is 0 Å². The van der Waals surface area contributed by atoms with Crippen LogP contribution in [0.15, 0.2) is 47.3 Å². The summed E-state index contributed by atoms with van der Waals surface area (Å²) in [5.74, 6) is 0.831. The van der Waals surface area contributed by atoms with Crippen LogP contribution in [-0.4, -0.2) is 23.2 Å². The Bertz CT molecular complexity index is 1270. The van der Waals surface area contributed by atoms with Gasteiger partial charge in [0, 0.05) is 6.42 Å². The van der Waals surface area contributed by atoms with Crippen molar-refractivity contribution >= 4 is 51.3 Å². The minimum Gasteiger partial charge on any atom is -0.293 e. The lowest BCUT2D eigenvalue weighted by Crippen LogP contribution is -2.24. The Hall–Kier alpha value is -2.51. The Morgan fingerprint density at radius 1 is 1.04 bits per heavy atom. The number of carbonyl (C=O) groups excluding carboxylic acids is 1. The van der Waals surface area contributed by atoms with E-state index in [9.17, 15) is 9.59 Å². The van der Waals surface area contributed by atoms with Crippen molar-refractivity contribution in [1.82, 2.24) is 9.55 Å². The van der Waals surface area contributed by atoms with Crippen molar-refractivity contribution in [2.24, 2.45) is 0 Å². The van der Waals surface area contributed by atoms with Crippen LogP contribution in [0.25, 0.3) is 20.9 Å². The zero-order valence-corrected chi connectivity index (χ0v) is 17.0. The van der Waals surface area contributed by atoms with E-state index in [2.05, 4.69) is 7.85 Å². The maximum atomic E-state index is 13.6. The van der Waals surface area contributed by atoms with Gasteiger partial charge < -0.3 is 0 Å². The molecule has 28 heavy (non-hydrogen) atoms. The van der Waals surface area contributed by atoms with Crippen molar-refractivity contribution in [3.05, 3.63) is 68.8 Å². The number of aromatic nitrogens is 2. The van der Waals surface area contributed by atoms with Gasteiger partial charge in [-0.05, 0) is 34.8 Å². The van der Waals surface area contributed by atoms with Gasteiger partial charge in [-0.25, -0.2) is 4.98 Å². The van der Waals surface area contributed by atoms with Gasteiger partial charge in [-0.1, -0.05) is 36.4 Å². The van der Waals surface area contributed by atoms with E-state index in [1.807, 2.05) is 42.5 Å². The van der Waals surface area contributed by atoms with E-state index in [4.69, 9.17) is 4.98 Å². The van der Waals surface area contributed by atoms with Crippen molar-refractivity contribution in [2.45, 2.75) is 25.8 Å². The Labute approximate surface area is 170 Å². The molecule has 7 heteroatoms. The lowest BCUT2D eigenvalue weighted by atomic mass is 9.96. The van der Waals surface area contributed by atoms with Gasteiger partial charge in [-0.15, -0.1) is 22.7 Å². The van der Waals surface area contributed by atoms with E-state index in [1.54, 1.807) is 15.9 Å². The summed E-state index contributed by atoms with van der Waals surface area (Å²) < 4.78 is 2.95. The van der Waals surface area contributed by atoms with Crippen LogP contribution in [0.5, 0.6) is 0 Å². The van der Waals surface area contributed by atoms with Gasteiger partial charge in [0.05, 0.1) is 21.7 Å². The van der Waals surface area contributed by atoms with Crippen molar-refractivity contribution in [1.29, 1.82) is 0 Å². The summed E-state index contributed by atoms with van der Waals surface area (Å²) in [7, 11) is 2.05. The highest BCUT2D eigenvalue weighted by atomic mass is 32.1. The van der Waals surface area contributed by atoms with Gasteiger partial charge in [0.15, 0.2) is 19.5 Å². The second-order valence-electron chi connectivity index (χ2n) is 7.09. The quantitative estimate of drug-likeness (QED) is 0.494. The molecule has 0 bridgehead atoms. The summed E-state index contributed by atoms with van der Waals surface area (Å²) in [6.07, 6.45) is 2.15. The summed E-state index contributed by atoms with van der Waals surface area (Å²) in [6, 6.07) is 14.0. The molecule has 4 nitrogen and oxygen atoms in total. The molecule has 0 unspecified atom stereocenters. The summed E-state index contributed by atoms with van der Waals surface area (Å²) in [5, 5.41) is 0.640. The van der Waals surface area contributed by atoms with Crippen LogP contribution in [0.4, 0.5) is 0 Å². The number of thiophene rings is 2. The molecule has 3 aromatic heterocycles. The monoisotopic (exact) mass is 404 g/mol. The molecule has 0 amide bonds. The molecule has 3 heterocycles. The first-order valence-corrected chi connectivity index (χ1v) is 11.0. The number of carbonyl (C=O) groups is 1. The van der Waals surface area contributed by atoms with Gasteiger partial charge in [0.2, 0.25) is 0 Å². The molecule has 0 N–H and O–H groups in total. The molecule has 1 aromatic carbocycles. The molecule has 4 aromatic rings. The van der Waals surface area contributed by atoms with Crippen LogP contribution in [0, 0.1) is 0 Å². The van der Waals surface area contributed by atoms with Crippen molar-refractivity contribution in [3.63, 3.8) is 0 Å². The SMILES string of the molecule is Bc1ccc(-c2nc3sc4c(c3c(=O)n2Cc2ccccc2)CCCC4=O)s1. The summed E-state index contributed by atoms with van der Waals surface area (Å²) in [4.78, 5) is 33.3. The van der Waals surface area contributed by atoms with Gasteiger partial charge >= 0.3 is 0 Å². The Morgan fingerprint density at radius 3 is 2.61 bits per heavy atom. The Morgan fingerprint density at radius 2 is 1.86 bits per heavy atom. The van der Waals surface area contributed by atoms with Crippen molar-refractivity contribution in [3.8, 4) is 10.7 Å². The van der Waals surface area contributed by atoms with Crippen LogP contribution in [0.1, 0.15) is 33.6 Å². The predicted molar refractivity (Wildman–Crippen MR) is 118 cm³/mol. The van der Waals surface area contributed by atoms with Crippen molar-refractivity contribution < 1.29 is 4.79 Å². The number of Topliss-reactive ketones (excluding diaryl/α,β-unsaturated/α-hetero) is 1. The molecule has 5 rings (SSSR count). The van der Waals surface area contributed by atoms with E-state index >= 15 is 0 Å². The first-order valence-electron chi connectivity index (χ1n) is 9.32. The lowest BCUT2D eigenvalue weighted by molar-refractivity contribution is 0.0977. The average Bonchev–Trinajstić information content (AvgIpc) is 3.29. The van der Waals surface area contributed by atoms with Gasteiger partial charge in [0.25, 0.3) is 5.56 Å². The second kappa shape index (κ2) is 6.83. The largest absolute Gasteiger partial charge is 0.293 e. The molecule has 1 aliphatic carbocycles. The van der Waals surface area contributed by atoms with Gasteiger partial charge in [-0.2, -0.15) is 0 Å². The van der Waals surface area contributed by atoms with Crippen LogP contribution >= 0.6 is 22.7 Å². The number of fused-ring (bicyclic) bond motifs is 3. The lowest BCUT2D eigenvalue weighted by Gasteiger charge is -2.13. The Kier molecular flexibility index (Phi) is 4.29. The summed E-state index contributed by atoms with van der Waals surface area (Å²) in [6.45, 7) is 0.466. The zero-order valence-electron chi connectivity index (χ0n) is 15.4. The minimum atomic E-state index is -0.0397. The first kappa shape index (κ1) is 17.6. The number of ketones is 1. The molecule has 0 atom stereocenters. The second-order valence-corrected chi connectivity index (χ2v) is 9.38. The maximum Gasteiger partial charge on any atom is 0.263 e. The first-order chi connectivity index (χ1) is 13.6. The number of aryl methyl sites for hydroxylation is 1. The smallest absolute Gasteiger partial charge is 0.263 e. The summed E-state index contributed by atoms with van der Waals surface area (Å²) >= 11 is 3.02. The van der Waals surface area contributed by atoms with Crippen molar-refractivity contribution in [2.75, 3.05) is 0 Å². The number of benzene rings is 1. The Balaban J connectivity index is 1.80.